The van der Waals surface area contributed by atoms with Gasteiger partial charge in [-0.3, -0.25) is 4.79 Å². The Morgan fingerprint density at radius 1 is 1.00 bits per heavy atom. The van der Waals surface area contributed by atoms with Gasteiger partial charge < -0.3 is 9.67 Å². The molecular formula is C19H15NO3. The monoisotopic (exact) mass is 305 g/mol. The Hall–Kier alpha value is -3.14. The maximum absolute atomic E-state index is 12.6. The van der Waals surface area contributed by atoms with Gasteiger partial charge in [0, 0.05) is 24.1 Å². The van der Waals surface area contributed by atoms with Crippen LogP contribution in [-0.2, 0) is 11.8 Å². The third-order valence-electron chi connectivity index (χ3n) is 3.80. The zero-order valence-corrected chi connectivity index (χ0v) is 12.6. The summed E-state index contributed by atoms with van der Waals surface area (Å²) >= 11 is 0. The van der Waals surface area contributed by atoms with E-state index >= 15 is 0 Å². The summed E-state index contributed by atoms with van der Waals surface area (Å²) in [4.78, 5) is 23.5. The van der Waals surface area contributed by atoms with Crippen LogP contribution >= 0.6 is 0 Å². The minimum atomic E-state index is -1.05. The van der Waals surface area contributed by atoms with Crippen LogP contribution in [-0.4, -0.2) is 15.6 Å². The molecule has 0 aliphatic rings. The number of pyridine rings is 1. The van der Waals surface area contributed by atoms with E-state index in [0.717, 1.165) is 22.6 Å². The molecule has 0 saturated heterocycles. The summed E-state index contributed by atoms with van der Waals surface area (Å²) in [7, 11) is 1.66. The van der Waals surface area contributed by atoms with E-state index in [4.69, 9.17) is 5.11 Å². The van der Waals surface area contributed by atoms with E-state index in [1.54, 1.807) is 13.1 Å². The first kappa shape index (κ1) is 14.8. The van der Waals surface area contributed by atoms with Crippen molar-refractivity contribution in [1.82, 2.24) is 4.57 Å². The van der Waals surface area contributed by atoms with Gasteiger partial charge in [-0.05, 0) is 23.1 Å². The Bertz CT molecular complexity index is 969. The van der Waals surface area contributed by atoms with E-state index in [1.807, 2.05) is 48.5 Å². The highest BCUT2D eigenvalue weighted by molar-refractivity contribution is 6.00. The van der Waals surface area contributed by atoms with Crippen LogP contribution in [0.5, 0.6) is 0 Å². The van der Waals surface area contributed by atoms with Gasteiger partial charge in [0.1, 0.15) is 0 Å². The number of hydrogen-bond acceptors (Lipinski definition) is 2. The number of fused-ring (bicyclic) bond motifs is 1. The molecule has 0 aliphatic carbocycles. The first-order chi connectivity index (χ1) is 11.1. The smallest absolute Gasteiger partial charge is 0.328 e. The van der Waals surface area contributed by atoms with Gasteiger partial charge >= 0.3 is 5.97 Å². The number of aliphatic carboxylic acids is 1. The van der Waals surface area contributed by atoms with Crippen LogP contribution in [0.1, 0.15) is 5.69 Å². The molecule has 3 rings (SSSR count). The summed E-state index contributed by atoms with van der Waals surface area (Å²) in [5.41, 5.74) is 2.21. The Morgan fingerprint density at radius 3 is 2.26 bits per heavy atom. The van der Waals surface area contributed by atoms with Crippen molar-refractivity contribution in [3.8, 4) is 11.1 Å². The molecule has 0 saturated carbocycles. The maximum atomic E-state index is 12.6. The maximum Gasteiger partial charge on any atom is 0.328 e. The molecule has 4 heteroatoms. The molecule has 0 atom stereocenters. The molecule has 0 amide bonds. The van der Waals surface area contributed by atoms with Gasteiger partial charge in [0.05, 0.1) is 5.69 Å². The fourth-order valence-electron chi connectivity index (χ4n) is 2.74. The van der Waals surface area contributed by atoms with Crippen LogP contribution in [0.15, 0.2) is 65.5 Å². The minimum absolute atomic E-state index is 0.148. The lowest BCUT2D eigenvalue weighted by atomic mass is 9.96. The lowest BCUT2D eigenvalue weighted by Gasteiger charge is -2.15. The molecule has 0 unspecified atom stereocenters. The minimum Gasteiger partial charge on any atom is -0.478 e. The molecule has 0 spiro atoms. The van der Waals surface area contributed by atoms with E-state index in [9.17, 15) is 9.59 Å². The van der Waals surface area contributed by atoms with Crippen molar-refractivity contribution in [2.45, 2.75) is 0 Å². The molecule has 0 fully saturated rings. The quantitative estimate of drug-likeness (QED) is 0.755. The predicted molar refractivity (Wildman–Crippen MR) is 91.3 cm³/mol. The highest BCUT2D eigenvalue weighted by Gasteiger charge is 2.14. The van der Waals surface area contributed by atoms with Crippen molar-refractivity contribution in [3.05, 3.63) is 76.7 Å². The fourth-order valence-corrected chi connectivity index (χ4v) is 2.74. The molecule has 4 nitrogen and oxygen atoms in total. The molecule has 1 heterocycles. The van der Waals surface area contributed by atoms with E-state index in [2.05, 4.69) is 0 Å². The number of carbonyl (C=O) groups is 1. The normalized spacial score (nSPS) is 11.2. The van der Waals surface area contributed by atoms with Crippen molar-refractivity contribution < 1.29 is 9.90 Å². The van der Waals surface area contributed by atoms with Gasteiger partial charge in [0.15, 0.2) is 0 Å². The summed E-state index contributed by atoms with van der Waals surface area (Å²) in [6, 6.07) is 17.0. The summed E-state index contributed by atoms with van der Waals surface area (Å²) in [5, 5.41) is 10.4. The van der Waals surface area contributed by atoms with E-state index in [-0.39, 0.29) is 5.56 Å². The Labute approximate surface area is 132 Å². The average molecular weight is 305 g/mol. The molecule has 114 valence electrons. The number of carboxylic acids is 1. The number of benzene rings is 2. The van der Waals surface area contributed by atoms with Crippen molar-refractivity contribution in [3.63, 3.8) is 0 Å². The van der Waals surface area contributed by atoms with E-state index in [0.29, 0.717) is 11.1 Å². The fraction of sp³-hybridized carbons (Fsp3) is 0.0526. The third-order valence-corrected chi connectivity index (χ3v) is 3.80. The molecule has 3 aromatic rings. The van der Waals surface area contributed by atoms with Crippen LogP contribution in [0.4, 0.5) is 0 Å². The highest BCUT2D eigenvalue weighted by Crippen LogP contribution is 2.30. The van der Waals surface area contributed by atoms with Gasteiger partial charge in [0.25, 0.3) is 5.56 Å². The summed E-state index contributed by atoms with van der Waals surface area (Å²) in [5.74, 6) is -1.05. The van der Waals surface area contributed by atoms with Crippen LogP contribution < -0.4 is 5.56 Å². The molecule has 23 heavy (non-hydrogen) atoms. The Morgan fingerprint density at radius 2 is 1.61 bits per heavy atom. The summed E-state index contributed by atoms with van der Waals surface area (Å²) in [6.45, 7) is 0. The lowest BCUT2D eigenvalue weighted by molar-refractivity contribution is -0.131. The average Bonchev–Trinajstić information content (AvgIpc) is 2.57. The van der Waals surface area contributed by atoms with Crippen molar-refractivity contribution in [2.24, 2.45) is 7.05 Å². The molecule has 1 N–H and O–H groups in total. The first-order valence-electron chi connectivity index (χ1n) is 7.17. The van der Waals surface area contributed by atoms with Crippen molar-refractivity contribution in [1.29, 1.82) is 0 Å². The molecule has 0 radical (unpaired) electrons. The molecule has 0 aliphatic heterocycles. The topological polar surface area (TPSA) is 59.3 Å². The van der Waals surface area contributed by atoms with Crippen LogP contribution in [0.25, 0.3) is 28.0 Å². The highest BCUT2D eigenvalue weighted by atomic mass is 16.4. The van der Waals surface area contributed by atoms with Gasteiger partial charge in [-0.15, -0.1) is 0 Å². The van der Waals surface area contributed by atoms with Crippen LogP contribution in [0.2, 0.25) is 0 Å². The van der Waals surface area contributed by atoms with Gasteiger partial charge in [-0.2, -0.15) is 0 Å². The standard InChI is InChI=1S/C19H15NO3/c1-20-16(11-12-17(21)22)18(13-7-3-2-4-8-13)14-9-5-6-10-15(14)19(20)23/h2-12H,1H3,(H,21,22)/b12-11+. The molecule has 0 bridgehead atoms. The van der Waals surface area contributed by atoms with Crippen molar-refractivity contribution in [2.75, 3.05) is 0 Å². The number of carboxylic acid groups (broad SMARTS) is 1. The Balaban J connectivity index is 2.47. The predicted octanol–water partition coefficient (Wildman–Crippen LogP) is 3.30. The van der Waals surface area contributed by atoms with Crippen LogP contribution in [0.3, 0.4) is 0 Å². The van der Waals surface area contributed by atoms with Gasteiger partial charge in [-0.1, -0.05) is 48.5 Å². The van der Waals surface area contributed by atoms with Crippen molar-refractivity contribution >= 4 is 22.8 Å². The number of hydrogen-bond donors (Lipinski definition) is 1. The van der Waals surface area contributed by atoms with E-state index < -0.39 is 5.97 Å². The molecular weight excluding hydrogens is 290 g/mol. The zero-order valence-electron chi connectivity index (χ0n) is 12.6. The van der Waals surface area contributed by atoms with Crippen LogP contribution in [0, 0.1) is 0 Å². The lowest BCUT2D eigenvalue weighted by Crippen LogP contribution is -2.20. The van der Waals surface area contributed by atoms with E-state index in [1.165, 1.54) is 10.6 Å². The molecule has 1 aromatic heterocycles. The second-order valence-electron chi connectivity index (χ2n) is 5.21. The second kappa shape index (κ2) is 5.93. The summed E-state index contributed by atoms with van der Waals surface area (Å²) in [6.07, 6.45) is 2.52. The summed E-state index contributed by atoms with van der Waals surface area (Å²) < 4.78 is 1.49. The largest absolute Gasteiger partial charge is 0.478 e. The molecule has 2 aromatic carbocycles. The second-order valence-corrected chi connectivity index (χ2v) is 5.21. The van der Waals surface area contributed by atoms with Gasteiger partial charge in [-0.25, -0.2) is 4.79 Å². The Kier molecular flexibility index (Phi) is 3.81. The number of nitrogens with zero attached hydrogens (tertiary/aromatic N) is 1. The van der Waals surface area contributed by atoms with Gasteiger partial charge in [0.2, 0.25) is 0 Å². The first-order valence-corrected chi connectivity index (χ1v) is 7.17. The number of aromatic nitrogens is 1. The third kappa shape index (κ3) is 2.66. The number of rotatable bonds is 3. The SMILES string of the molecule is Cn1c(/C=C/C(=O)O)c(-c2ccccc2)c2ccccc2c1=O. The zero-order chi connectivity index (χ0) is 16.4.